The molecule has 0 fully saturated rings. The van der Waals surface area contributed by atoms with Gasteiger partial charge in [-0.15, -0.1) is 0 Å². The summed E-state index contributed by atoms with van der Waals surface area (Å²) in [7, 11) is 0. The number of amides is 1. The first-order valence-electron chi connectivity index (χ1n) is 8.62. The molecule has 0 aliphatic carbocycles. The van der Waals surface area contributed by atoms with Crippen LogP contribution in [0, 0.1) is 5.82 Å². The van der Waals surface area contributed by atoms with E-state index in [0.29, 0.717) is 28.4 Å². The van der Waals surface area contributed by atoms with Gasteiger partial charge < -0.3 is 16.0 Å². The Balaban J connectivity index is 1.66. The molecular weight excluding hydrogens is 363 g/mol. The van der Waals surface area contributed by atoms with Gasteiger partial charge in [0.05, 0.1) is 16.6 Å². The van der Waals surface area contributed by atoms with Gasteiger partial charge in [0.2, 0.25) is 0 Å². The number of thioether (sulfide) groups is 1. The summed E-state index contributed by atoms with van der Waals surface area (Å²) in [6.45, 7) is 1.86. The monoisotopic (exact) mass is 382 g/mol. The van der Waals surface area contributed by atoms with Crippen LogP contribution in [0.4, 0.5) is 10.1 Å². The Morgan fingerprint density at radius 1 is 1.33 bits per heavy atom. The van der Waals surface area contributed by atoms with Crippen molar-refractivity contribution in [2.45, 2.75) is 18.9 Å². The van der Waals surface area contributed by atoms with Crippen molar-refractivity contribution in [3.05, 3.63) is 65.6 Å². The summed E-state index contributed by atoms with van der Waals surface area (Å²) >= 11 is 1.47. The number of nitrogens with one attached hydrogen (secondary N) is 2. The standard InChI is InChI=1S/C20H19FN4OS/c1-20(8-10-27-19(22)25-20)15-11-13(5-6-16(15)21)24-18(26)14-4-2-3-12-7-9-23-17(12)14/h2-7,9,11,23H,8,10H2,1H3,(H2,22,25)(H,24,26). The molecule has 1 aromatic heterocycles. The fraction of sp³-hybridized carbons (Fsp3) is 0.200. The van der Waals surface area contributed by atoms with Crippen LogP contribution in [0.15, 0.2) is 53.7 Å². The lowest BCUT2D eigenvalue weighted by Gasteiger charge is -2.30. The molecule has 4 rings (SSSR count). The normalized spacial score (nSPS) is 19.7. The van der Waals surface area contributed by atoms with Gasteiger partial charge >= 0.3 is 0 Å². The zero-order valence-electron chi connectivity index (χ0n) is 14.8. The number of amidine groups is 1. The molecule has 1 atom stereocenters. The van der Waals surface area contributed by atoms with Gasteiger partial charge in [-0.3, -0.25) is 9.79 Å². The number of benzene rings is 2. The third-order valence-electron chi connectivity index (χ3n) is 4.83. The molecule has 2 aromatic carbocycles. The van der Waals surface area contributed by atoms with Gasteiger partial charge in [0.1, 0.15) is 5.82 Å². The number of nitrogens with zero attached hydrogens (tertiary/aromatic N) is 1. The van der Waals surface area contributed by atoms with Crippen LogP contribution < -0.4 is 11.1 Å². The molecular formula is C20H19FN4OS. The molecule has 5 nitrogen and oxygen atoms in total. The molecule has 1 amide bonds. The third kappa shape index (κ3) is 3.30. The SMILES string of the molecule is CC1(c2cc(NC(=O)c3cccc4cc[nH]c34)ccc2F)CCSC(N)=N1. The number of fused-ring (bicyclic) bond motifs is 1. The van der Waals surface area contributed by atoms with Crippen molar-refractivity contribution in [2.24, 2.45) is 10.7 Å². The number of anilines is 1. The Morgan fingerprint density at radius 3 is 3.00 bits per heavy atom. The third-order valence-corrected chi connectivity index (χ3v) is 5.63. The minimum absolute atomic E-state index is 0.257. The van der Waals surface area contributed by atoms with Gasteiger partial charge in [0, 0.05) is 28.6 Å². The van der Waals surface area contributed by atoms with Crippen molar-refractivity contribution in [3.63, 3.8) is 0 Å². The average Bonchev–Trinajstić information content (AvgIpc) is 3.11. The zero-order valence-corrected chi connectivity index (χ0v) is 15.6. The molecule has 138 valence electrons. The lowest BCUT2D eigenvalue weighted by molar-refractivity contribution is 0.102. The smallest absolute Gasteiger partial charge is 0.257 e. The van der Waals surface area contributed by atoms with Crippen molar-refractivity contribution in [1.29, 1.82) is 0 Å². The Labute approximate surface area is 160 Å². The number of carbonyl (C=O) groups excluding carboxylic acids is 1. The first kappa shape index (κ1) is 17.6. The highest BCUT2D eigenvalue weighted by Gasteiger charge is 2.32. The van der Waals surface area contributed by atoms with E-state index in [9.17, 15) is 9.18 Å². The van der Waals surface area contributed by atoms with Crippen molar-refractivity contribution in [2.75, 3.05) is 11.1 Å². The van der Waals surface area contributed by atoms with Gasteiger partial charge in [-0.2, -0.15) is 0 Å². The Bertz CT molecular complexity index is 1060. The highest BCUT2D eigenvalue weighted by molar-refractivity contribution is 8.13. The topological polar surface area (TPSA) is 83.3 Å². The second-order valence-electron chi connectivity index (χ2n) is 6.72. The van der Waals surface area contributed by atoms with Crippen LogP contribution in [0.25, 0.3) is 10.9 Å². The Kier molecular flexibility index (Phi) is 4.39. The van der Waals surface area contributed by atoms with Crippen molar-refractivity contribution < 1.29 is 9.18 Å². The lowest BCUT2D eigenvalue weighted by atomic mass is 9.89. The fourth-order valence-corrected chi connectivity index (χ4v) is 4.34. The van der Waals surface area contributed by atoms with E-state index >= 15 is 0 Å². The van der Waals surface area contributed by atoms with Gasteiger partial charge in [0.25, 0.3) is 5.91 Å². The number of halogens is 1. The van der Waals surface area contributed by atoms with Crippen LogP contribution in [0.2, 0.25) is 0 Å². The summed E-state index contributed by atoms with van der Waals surface area (Å²) in [5.41, 5.74) is 7.37. The molecule has 4 N–H and O–H groups in total. The number of carbonyl (C=O) groups is 1. The molecule has 2 heterocycles. The number of nitrogens with two attached hydrogens (primary N) is 1. The summed E-state index contributed by atoms with van der Waals surface area (Å²) in [6.07, 6.45) is 2.47. The largest absolute Gasteiger partial charge is 0.379 e. The van der Waals surface area contributed by atoms with Gasteiger partial charge in [-0.1, -0.05) is 23.9 Å². The molecule has 0 saturated carbocycles. The summed E-state index contributed by atoms with van der Waals surface area (Å²) in [6, 6.07) is 12.0. The van der Waals surface area contributed by atoms with Crippen LogP contribution in [-0.2, 0) is 5.54 Å². The van der Waals surface area contributed by atoms with Crippen LogP contribution in [0.3, 0.4) is 0 Å². The van der Waals surface area contributed by atoms with E-state index in [1.165, 1.54) is 17.8 Å². The molecule has 3 aromatic rings. The van der Waals surface area contributed by atoms with E-state index in [-0.39, 0.29) is 11.7 Å². The minimum atomic E-state index is -0.736. The lowest BCUT2D eigenvalue weighted by Crippen LogP contribution is -2.29. The second kappa shape index (κ2) is 6.74. The number of H-pyrrole nitrogens is 1. The van der Waals surface area contributed by atoms with Crippen molar-refractivity contribution in [3.8, 4) is 0 Å². The van der Waals surface area contributed by atoms with E-state index in [1.807, 2.05) is 25.1 Å². The molecule has 7 heteroatoms. The van der Waals surface area contributed by atoms with E-state index in [2.05, 4.69) is 15.3 Å². The van der Waals surface area contributed by atoms with Crippen LogP contribution in [0.1, 0.15) is 29.3 Å². The number of aromatic nitrogens is 1. The van der Waals surface area contributed by atoms with E-state index in [1.54, 1.807) is 24.4 Å². The van der Waals surface area contributed by atoms with Crippen molar-refractivity contribution >= 4 is 39.4 Å². The molecule has 1 aliphatic heterocycles. The molecule has 1 aliphatic rings. The van der Waals surface area contributed by atoms with Crippen molar-refractivity contribution in [1.82, 2.24) is 4.98 Å². The summed E-state index contributed by atoms with van der Waals surface area (Å²) < 4.78 is 14.5. The predicted molar refractivity (Wildman–Crippen MR) is 109 cm³/mol. The first-order chi connectivity index (χ1) is 13.0. The number of para-hydroxylation sites is 1. The first-order valence-corrected chi connectivity index (χ1v) is 9.60. The zero-order chi connectivity index (χ0) is 19.0. The highest BCUT2D eigenvalue weighted by Crippen LogP contribution is 2.37. The summed E-state index contributed by atoms with van der Waals surface area (Å²) in [5, 5.41) is 4.28. The molecule has 0 saturated heterocycles. The number of hydrogen-bond acceptors (Lipinski definition) is 4. The fourth-order valence-electron chi connectivity index (χ4n) is 3.37. The van der Waals surface area contributed by atoms with Gasteiger partial charge in [0.15, 0.2) is 5.17 Å². The van der Waals surface area contributed by atoms with E-state index in [0.717, 1.165) is 16.7 Å². The number of hydrogen-bond donors (Lipinski definition) is 3. The maximum Gasteiger partial charge on any atom is 0.257 e. The molecule has 0 spiro atoms. The second-order valence-corrected chi connectivity index (χ2v) is 7.83. The Hall–Kier alpha value is -2.80. The molecule has 0 bridgehead atoms. The van der Waals surface area contributed by atoms with E-state index < -0.39 is 5.54 Å². The maximum absolute atomic E-state index is 14.5. The summed E-state index contributed by atoms with van der Waals surface area (Å²) in [5.74, 6) is 0.162. The van der Waals surface area contributed by atoms with Crippen LogP contribution >= 0.6 is 11.8 Å². The van der Waals surface area contributed by atoms with Gasteiger partial charge in [-0.05, 0) is 43.7 Å². The summed E-state index contributed by atoms with van der Waals surface area (Å²) in [4.78, 5) is 20.3. The van der Waals surface area contributed by atoms with E-state index in [4.69, 9.17) is 5.73 Å². The number of rotatable bonds is 3. The minimum Gasteiger partial charge on any atom is -0.379 e. The predicted octanol–water partition coefficient (Wildman–Crippen LogP) is 4.23. The number of aromatic amines is 1. The molecule has 0 radical (unpaired) electrons. The Morgan fingerprint density at radius 2 is 2.19 bits per heavy atom. The molecule has 1 unspecified atom stereocenters. The average molecular weight is 382 g/mol. The quantitative estimate of drug-likeness (QED) is 0.634. The maximum atomic E-state index is 14.5. The van der Waals surface area contributed by atoms with Gasteiger partial charge in [-0.25, -0.2) is 4.39 Å². The highest BCUT2D eigenvalue weighted by atomic mass is 32.2. The van der Waals surface area contributed by atoms with Crippen LogP contribution in [0.5, 0.6) is 0 Å². The van der Waals surface area contributed by atoms with Crippen LogP contribution in [-0.4, -0.2) is 21.8 Å². The molecule has 27 heavy (non-hydrogen) atoms. The number of aliphatic imine (C=N–C) groups is 1.